The Morgan fingerprint density at radius 3 is 0.748 bits per heavy atom. The van der Waals surface area contributed by atoms with Crippen molar-refractivity contribution in [2.75, 3.05) is 52.4 Å². The van der Waals surface area contributed by atoms with Crippen LogP contribution in [0.4, 0.5) is 62.3 Å². The molecule has 0 aliphatic carbocycles. The Labute approximate surface area is 844 Å². The average molecular weight is 2080 g/mol. The fraction of sp³-hybridized carbons (Fsp3) is 0.553. The number of hydrogen-bond acceptors (Lipinski definition) is 26. The van der Waals surface area contributed by atoms with Crippen LogP contribution in [0.15, 0.2) is 73.3 Å². The Morgan fingerprint density at radius 2 is 0.544 bits per heavy atom. The molecule has 44 heteroatoms. The molecule has 147 heavy (non-hydrogen) atoms. The molecule has 4 aliphatic rings. The van der Waals surface area contributed by atoms with Crippen molar-refractivity contribution >= 4 is 81.8 Å². The highest BCUT2D eigenvalue weighted by Gasteiger charge is 2.42. The molecule has 32 nitrogen and oxygen atoms in total. The second kappa shape index (κ2) is 54.2. The van der Waals surface area contributed by atoms with Gasteiger partial charge in [0.1, 0.15) is 117 Å². The number of alkyl halides is 12. The van der Waals surface area contributed by atoms with Crippen molar-refractivity contribution < 1.29 is 129 Å². The third kappa shape index (κ3) is 39.4. The van der Waals surface area contributed by atoms with Gasteiger partial charge in [0, 0.05) is 186 Å². The Bertz CT molecular complexity index is 5360. The molecule has 0 spiro atoms. The molecule has 4 fully saturated rings. The summed E-state index contributed by atoms with van der Waals surface area (Å²) in [7, 11) is 0. The lowest BCUT2D eigenvalue weighted by molar-refractivity contribution is -0.138. The molecule has 4 atom stereocenters. The first-order valence-corrected chi connectivity index (χ1v) is 48.6. The lowest BCUT2D eigenvalue weighted by Gasteiger charge is -2.25. The number of halogens is 12. The first-order valence-electron chi connectivity index (χ1n) is 48.6. The minimum absolute atomic E-state index is 0. The van der Waals surface area contributed by atoms with Crippen LogP contribution in [0.25, 0.3) is 0 Å². The van der Waals surface area contributed by atoms with E-state index >= 15 is 0 Å². The van der Waals surface area contributed by atoms with E-state index in [4.69, 9.17) is 73.0 Å². The molecule has 0 bridgehead atoms. The number of nitrogens with two attached hydrogens (primary N) is 4. The van der Waals surface area contributed by atoms with Crippen molar-refractivity contribution in [2.24, 2.45) is 22.9 Å². The number of ether oxygens (including phenoxy) is 6. The summed E-state index contributed by atoms with van der Waals surface area (Å²) in [5.74, 6) is -5.63. The molecule has 804 valence electrons. The lowest BCUT2D eigenvalue weighted by Crippen LogP contribution is -2.36. The van der Waals surface area contributed by atoms with Gasteiger partial charge in [-0.3, -0.25) is 60.0 Å². The summed E-state index contributed by atoms with van der Waals surface area (Å²) in [4.78, 5) is 154. The van der Waals surface area contributed by atoms with Crippen LogP contribution in [0.5, 0.6) is 23.0 Å². The largest absolute Gasteiger partial charge is 0.488 e. The quantitative estimate of drug-likeness (QED) is 0.00557. The van der Waals surface area contributed by atoms with Crippen molar-refractivity contribution in [3.63, 3.8) is 0 Å². The maximum atomic E-state index is 14.7. The third-order valence-corrected chi connectivity index (χ3v) is 24.1. The van der Waals surface area contributed by atoms with Crippen LogP contribution in [0.3, 0.4) is 0 Å². The zero-order valence-corrected chi connectivity index (χ0v) is 82.6. The summed E-state index contributed by atoms with van der Waals surface area (Å²) < 4.78 is 210. The fourth-order valence-corrected chi connectivity index (χ4v) is 16.9. The van der Waals surface area contributed by atoms with Crippen LogP contribution < -0.4 is 52.5 Å². The Morgan fingerprint density at radius 1 is 0.327 bits per heavy atom. The highest BCUT2D eigenvalue weighted by atomic mass is 19.4. The Hall–Kier alpha value is -12.9. The topological polar surface area (TPSA) is 508 Å². The molecule has 4 saturated heterocycles. The highest BCUT2D eigenvalue weighted by molar-refractivity contribution is 6.02. The zero-order chi connectivity index (χ0) is 107. The van der Waals surface area contributed by atoms with E-state index in [1.807, 2.05) is 0 Å². The predicted molar refractivity (Wildman–Crippen MR) is 521 cm³/mol. The van der Waals surface area contributed by atoms with E-state index in [1.54, 1.807) is 41.5 Å². The molecule has 4 aromatic carbocycles. The van der Waals surface area contributed by atoms with E-state index in [9.17, 15) is 101 Å². The van der Waals surface area contributed by atoms with E-state index in [2.05, 4.69) is 30.6 Å². The fourth-order valence-electron chi connectivity index (χ4n) is 16.9. The smallest absolute Gasteiger partial charge is 0.416 e. The Kier molecular flexibility index (Phi) is 44.0. The van der Waals surface area contributed by atoms with E-state index in [0.717, 1.165) is 61.2 Å². The molecule has 4 aliphatic heterocycles. The number of amidine groups is 4. The van der Waals surface area contributed by atoms with Gasteiger partial charge in [-0.25, -0.2) is 29.5 Å². The van der Waals surface area contributed by atoms with Gasteiger partial charge in [-0.15, -0.1) is 0 Å². The molecule has 0 saturated carbocycles. The summed E-state index contributed by atoms with van der Waals surface area (Å²) >= 11 is 0. The van der Waals surface area contributed by atoms with Crippen molar-refractivity contribution in [1.82, 2.24) is 40.4 Å². The highest BCUT2D eigenvalue weighted by Crippen LogP contribution is 2.44. The molecule has 6 aromatic rings. The summed E-state index contributed by atoms with van der Waals surface area (Å²) in [6.07, 6.45) is -17.9. The van der Waals surface area contributed by atoms with Crippen molar-refractivity contribution in [3.05, 3.63) is 163 Å². The van der Waals surface area contributed by atoms with Gasteiger partial charge in [-0.1, -0.05) is 33.1 Å². The van der Waals surface area contributed by atoms with Gasteiger partial charge in [0.05, 0.1) is 58.7 Å². The van der Waals surface area contributed by atoms with Gasteiger partial charge in [-0.2, -0.15) is 52.7 Å². The van der Waals surface area contributed by atoms with Gasteiger partial charge in [0.25, 0.3) is 0 Å². The number of likely N-dealkylation sites (tertiary alicyclic amines) is 2. The van der Waals surface area contributed by atoms with Crippen LogP contribution in [0, 0.1) is 21.6 Å². The monoisotopic (exact) mass is 2080 g/mol. The number of rotatable bonds is 52. The second-order valence-electron chi connectivity index (χ2n) is 39.0. The van der Waals surface area contributed by atoms with Gasteiger partial charge in [0.15, 0.2) is 23.1 Å². The van der Waals surface area contributed by atoms with Crippen LogP contribution >= 0.6 is 0 Å². The maximum absolute atomic E-state index is 14.7. The minimum atomic E-state index is -4.97. The normalized spacial score (nSPS) is 15.9. The number of amides is 2. The molecular weight excluding hydrogens is 1950 g/mol. The number of Topliss-reactive ketones (excluding diaryl/α,β-unsaturated/α-hetero) is 8. The number of carbonyl (C=O) groups excluding carboxylic acids is 10. The zero-order valence-electron chi connectivity index (χ0n) is 82.6. The van der Waals surface area contributed by atoms with Crippen LogP contribution in [0.1, 0.15) is 312 Å². The van der Waals surface area contributed by atoms with E-state index in [-0.39, 0.29) is 186 Å². The number of carbonyl (C=O) groups is 10. The number of nitrogens with zero attached hydrogens (tertiary/aromatic N) is 6. The molecule has 6 heterocycles. The van der Waals surface area contributed by atoms with Gasteiger partial charge < -0.3 is 71.8 Å². The first kappa shape index (κ1) is 119. The van der Waals surface area contributed by atoms with Gasteiger partial charge in [-0.05, 0) is 180 Å². The van der Waals surface area contributed by atoms with E-state index < -0.39 is 192 Å². The van der Waals surface area contributed by atoms with Crippen LogP contribution in [-0.2, 0) is 105 Å². The lowest BCUT2D eigenvalue weighted by atomic mass is 9.94. The summed E-state index contributed by atoms with van der Waals surface area (Å²) in [6, 6.07) is 8.18. The second-order valence-corrected chi connectivity index (χ2v) is 39.0. The van der Waals surface area contributed by atoms with Crippen LogP contribution in [-0.4, -0.2) is 200 Å². The van der Waals surface area contributed by atoms with Crippen LogP contribution in [0.2, 0.25) is 0 Å². The number of ketones is 8. The average Bonchev–Trinajstić information content (AvgIpc) is 1.61. The number of aromatic nitrogens is 4. The number of unbranched alkanes of at least 4 members (excludes halogenated alkanes) is 8. The van der Waals surface area contributed by atoms with E-state index in [1.165, 1.54) is 9.80 Å². The molecule has 14 N–H and O–H groups in total. The van der Waals surface area contributed by atoms with Gasteiger partial charge in [0.2, 0.25) is 0 Å². The first-order chi connectivity index (χ1) is 68.5. The van der Waals surface area contributed by atoms with Crippen molar-refractivity contribution in [2.45, 2.75) is 315 Å². The predicted octanol–water partition coefficient (Wildman–Crippen LogP) is 17.6. The molecule has 0 unspecified atom stereocenters. The molecular formula is C103H132F12N16O16. The summed E-state index contributed by atoms with van der Waals surface area (Å²) in [6.45, 7) is 12.2. The molecule has 2 aromatic heterocycles. The van der Waals surface area contributed by atoms with Crippen molar-refractivity contribution in [3.8, 4) is 23.0 Å². The number of benzene rings is 4. The summed E-state index contributed by atoms with van der Waals surface area (Å²) in [5.41, 5.74) is 12.3. The number of nitrogens with one attached hydrogen (secondary N) is 6. The summed E-state index contributed by atoms with van der Waals surface area (Å²) in [5, 5.41) is 35.8. The molecule has 2 amide bonds. The third-order valence-electron chi connectivity index (χ3n) is 24.1. The molecule has 10 rings (SSSR count). The number of hydrogen-bond donors (Lipinski definition) is 10. The van der Waals surface area contributed by atoms with Gasteiger partial charge >= 0.3 is 36.9 Å². The van der Waals surface area contributed by atoms with Crippen molar-refractivity contribution in [1.29, 1.82) is 21.6 Å². The Balaban J connectivity index is 0.000000362. The standard InChI is InChI=1S/C56H72F6N8O10.C46H56F6N8O6.CH4/c1-53(2,3)79-51(75)69-19-17-41(30-69)77-49-33(25-39(71)13-9-7-11-15-47(63)64)21-37(55(57,58)59)23-35(49)27-45(73)43-29-44(68-32-67-43)46(74)28-36-24-38(56(60,61)62)22-34(26-40(72)14-10-8-12-16-48(65)66)50(36)78-42-18-20-70(31-42)52(76)80-54(4,5)6;47-45(48,49)31-15-27(19-33(61)7-3-1-5-9-41(53)54)43(65-35-11-13-57-24-35)29(17-31)21-39(63)37-23-38(60-26-59-37)40(64)22-30-18-32(46(50,51)52)16-28(44(30)66-36-12-14-58-25-36)20-34(62)8-4-2-6-10-42(55)56;/h21-24,29,32,41-42H,7-20,25-28,30-31H2,1-6H3,(H3,63,64)(H3,65,66);15-18,23,26,35-36,57-58H,1-14,19-22,24-25H2,(H3,53,54)(H3,55,56);1H4/t41-,42-;35-,36-;/m11./s1. The van der Waals surface area contributed by atoms with E-state index in [0.29, 0.717) is 154 Å². The minimum Gasteiger partial charge on any atom is -0.488 e. The molecule has 0 radical (unpaired) electrons. The SMILES string of the molecule is C.CC(C)(C)OC(=O)N1CC[C@@H](Oc2c(CC(=O)CCCCCC(=N)N)cc(C(F)(F)F)cc2CC(=O)c2cc(C(=O)Cc3cc(C(F)(F)F)cc(CC(=O)CCCCCC(=N)N)c3O[C@@H]3CCN(C(=O)OC(C)(C)C)C3)ncn2)C1.N=C(N)CCCCCC(=O)Cc1cc(C(F)(F)F)cc(CC(=O)c2cc(C(=O)Cc3cc(C(F)(F)F)cc(CC(=O)CCCCCC(=N)N)c3O[C@@H]3CCNC3)ncn2)c1O[C@@H]1CCNC1. The maximum Gasteiger partial charge on any atom is 0.416 e.